The number of aromatic nitrogens is 2. The van der Waals surface area contributed by atoms with Crippen LogP contribution in [0.15, 0.2) is 95.2 Å². The van der Waals surface area contributed by atoms with Crippen LogP contribution in [0.4, 0.5) is 0 Å². The number of imidazole rings is 1. The lowest BCUT2D eigenvalue weighted by atomic mass is 10.0. The zero-order valence-electron chi connectivity index (χ0n) is 19.2. The molecule has 6 nitrogen and oxygen atoms in total. The third-order valence-electron chi connectivity index (χ3n) is 5.74. The molecule has 5 aromatic rings. The van der Waals surface area contributed by atoms with Gasteiger partial charge in [0.2, 0.25) is 0 Å². The summed E-state index contributed by atoms with van der Waals surface area (Å²) >= 11 is 1.37. The van der Waals surface area contributed by atoms with Gasteiger partial charge in [-0.2, -0.15) is 5.10 Å². The topological polar surface area (TPSA) is 79.5 Å². The van der Waals surface area contributed by atoms with E-state index in [1.165, 1.54) is 29.1 Å². The maximum Gasteiger partial charge on any atom is 0.250 e. The van der Waals surface area contributed by atoms with Crippen LogP contribution in [0.3, 0.4) is 0 Å². The molecule has 0 radical (unpaired) electrons. The van der Waals surface area contributed by atoms with Gasteiger partial charge in [0.1, 0.15) is 5.75 Å². The molecule has 1 heterocycles. The van der Waals surface area contributed by atoms with Gasteiger partial charge >= 0.3 is 0 Å². The quantitative estimate of drug-likeness (QED) is 0.183. The molecule has 0 unspecified atom stereocenters. The van der Waals surface area contributed by atoms with Crippen LogP contribution in [0.1, 0.15) is 16.7 Å². The lowest BCUT2D eigenvalue weighted by Crippen LogP contribution is -2.20. The maximum atomic E-state index is 12.5. The fourth-order valence-corrected chi connectivity index (χ4v) is 4.75. The van der Waals surface area contributed by atoms with Gasteiger partial charge in [0.25, 0.3) is 5.91 Å². The molecule has 0 aliphatic carbocycles. The second-order valence-corrected chi connectivity index (χ2v) is 9.20. The molecule has 0 saturated heterocycles. The first-order valence-corrected chi connectivity index (χ1v) is 12.2. The predicted octanol–water partition coefficient (Wildman–Crippen LogP) is 5.49. The summed E-state index contributed by atoms with van der Waals surface area (Å²) in [5.74, 6) is 0.0246. The molecule has 2 N–H and O–H groups in total. The van der Waals surface area contributed by atoms with Crippen molar-refractivity contribution in [2.24, 2.45) is 5.10 Å². The van der Waals surface area contributed by atoms with Crippen molar-refractivity contribution in [1.82, 2.24) is 15.0 Å². The summed E-state index contributed by atoms with van der Waals surface area (Å²) in [6, 6.07) is 27.6. The van der Waals surface area contributed by atoms with E-state index in [2.05, 4.69) is 46.3 Å². The number of aromatic hydroxyl groups is 1. The van der Waals surface area contributed by atoms with Gasteiger partial charge < -0.3 is 9.67 Å². The van der Waals surface area contributed by atoms with Crippen LogP contribution >= 0.6 is 11.8 Å². The molecule has 35 heavy (non-hydrogen) atoms. The van der Waals surface area contributed by atoms with Gasteiger partial charge in [-0.15, -0.1) is 0 Å². The number of hydrogen-bond donors (Lipinski definition) is 2. The standard InChI is InChI=1S/C28H24N4O2S/c1-19-10-12-20(13-11-19)17-32-25-9-5-4-8-24(25)30-28(32)35-18-27(34)31-29-16-23-22-7-3-2-6-21(22)14-15-26(23)33/h2-16,33H,17-18H2,1H3,(H,31,34)/b29-16-. The van der Waals surface area contributed by atoms with Crippen LogP contribution < -0.4 is 5.43 Å². The largest absolute Gasteiger partial charge is 0.507 e. The van der Waals surface area contributed by atoms with E-state index in [4.69, 9.17) is 4.98 Å². The molecule has 0 aliphatic rings. The Bertz CT molecular complexity index is 1540. The first kappa shape index (κ1) is 22.7. The van der Waals surface area contributed by atoms with Crippen molar-refractivity contribution < 1.29 is 9.90 Å². The average molecular weight is 481 g/mol. The number of amides is 1. The van der Waals surface area contributed by atoms with Crippen LogP contribution in [0, 0.1) is 6.92 Å². The molecule has 1 aromatic heterocycles. The smallest absolute Gasteiger partial charge is 0.250 e. The number of nitrogens with one attached hydrogen (secondary N) is 1. The highest BCUT2D eigenvalue weighted by atomic mass is 32.2. The molecule has 0 atom stereocenters. The van der Waals surface area contributed by atoms with Gasteiger partial charge in [0.15, 0.2) is 5.16 Å². The molecule has 7 heteroatoms. The Labute approximate surface area is 207 Å². The third kappa shape index (κ3) is 5.05. The minimum Gasteiger partial charge on any atom is -0.507 e. The molecule has 5 rings (SSSR count). The number of phenols is 1. The number of aryl methyl sites for hydroxylation is 1. The predicted molar refractivity (Wildman–Crippen MR) is 142 cm³/mol. The Kier molecular flexibility index (Phi) is 6.50. The van der Waals surface area contributed by atoms with E-state index < -0.39 is 0 Å². The van der Waals surface area contributed by atoms with E-state index in [0.29, 0.717) is 12.1 Å². The third-order valence-corrected chi connectivity index (χ3v) is 6.72. The van der Waals surface area contributed by atoms with Crippen molar-refractivity contribution in [3.63, 3.8) is 0 Å². The Morgan fingerprint density at radius 1 is 1.03 bits per heavy atom. The van der Waals surface area contributed by atoms with Crippen molar-refractivity contribution >= 4 is 45.7 Å². The monoisotopic (exact) mass is 480 g/mol. The first-order valence-electron chi connectivity index (χ1n) is 11.2. The summed E-state index contributed by atoms with van der Waals surface area (Å²) in [7, 11) is 0. The number of carbonyl (C=O) groups excluding carboxylic acids is 1. The van der Waals surface area contributed by atoms with Crippen molar-refractivity contribution in [2.45, 2.75) is 18.6 Å². The van der Waals surface area contributed by atoms with Crippen molar-refractivity contribution in [1.29, 1.82) is 0 Å². The number of hydrazone groups is 1. The molecule has 0 aliphatic heterocycles. The van der Waals surface area contributed by atoms with Crippen LogP contribution in [0.5, 0.6) is 5.75 Å². The minimum absolute atomic E-state index is 0.112. The van der Waals surface area contributed by atoms with Gasteiger partial charge in [0, 0.05) is 5.56 Å². The Morgan fingerprint density at radius 3 is 2.66 bits per heavy atom. The molecular weight excluding hydrogens is 456 g/mol. The van der Waals surface area contributed by atoms with Crippen LogP contribution in [0.25, 0.3) is 21.8 Å². The molecule has 0 fully saturated rings. The molecule has 1 amide bonds. The SMILES string of the molecule is Cc1ccc(Cn2c(SCC(=O)N/N=C\c3c(O)ccc4ccccc34)nc3ccccc32)cc1. The molecule has 174 valence electrons. The van der Waals surface area contributed by atoms with Crippen molar-refractivity contribution in [3.8, 4) is 5.75 Å². The zero-order valence-corrected chi connectivity index (χ0v) is 20.0. The van der Waals surface area contributed by atoms with E-state index in [1.807, 2.05) is 54.6 Å². The minimum atomic E-state index is -0.250. The highest BCUT2D eigenvalue weighted by Gasteiger charge is 2.13. The van der Waals surface area contributed by atoms with Gasteiger partial charge in [0.05, 0.1) is 29.5 Å². The van der Waals surface area contributed by atoms with E-state index in [-0.39, 0.29) is 17.4 Å². The lowest BCUT2D eigenvalue weighted by Gasteiger charge is -2.09. The first-order chi connectivity index (χ1) is 17.1. The van der Waals surface area contributed by atoms with E-state index in [0.717, 1.165) is 27.0 Å². The van der Waals surface area contributed by atoms with Gasteiger partial charge in [-0.05, 0) is 41.5 Å². The fraction of sp³-hybridized carbons (Fsp3) is 0.107. The summed E-state index contributed by atoms with van der Waals surface area (Å²) < 4.78 is 2.13. The lowest BCUT2D eigenvalue weighted by molar-refractivity contribution is -0.118. The highest BCUT2D eigenvalue weighted by Crippen LogP contribution is 2.26. The summed E-state index contributed by atoms with van der Waals surface area (Å²) in [4.78, 5) is 17.3. The van der Waals surface area contributed by atoms with Gasteiger partial charge in [-0.25, -0.2) is 10.4 Å². The average Bonchev–Trinajstić information content (AvgIpc) is 3.22. The number of rotatable bonds is 7. The summed E-state index contributed by atoms with van der Waals surface area (Å²) in [5.41, 5.74) is 7.44. The second kappa shape index (κ2) is 10.0. The number of phenolic OH excluding ortho intramolecular Hbond substituents is 1. The second-order valence-electron chi connectivity index (χ2n) is 8.26. The molecule has 0 bridgehead atoms. The fourth-order valence-electron chi connectivity index (χ4n) is 3.94. The summed E-state index contributed by atoms with van der Waals surface area (Å²) in [5, 5.41) is 17.0. The Balaban J connectivity index is 1.29. The highest BCUT2D eigenvalue weighted by molar-refractivity contribution is 7.99. The van der Waals surface area contributed by atoms with Crippen LogP contribution in [-0.4, -0.2) is 32.5 Å². The molecule has 4 aromatic carbocycles. The number of carbonyl (C=O) groups is 1. The number of benzene rings is 4. The van der Waals surface area contributed by atoms with Crippen LogP contribution in [-0.2, 0) is 11.3 Å². The van der Waals surface area contributed by atoms with E-state index in [9.17, 15) is 9.90 Å². The molecule has 0 saturated carbocycles. The van der Waals surface area contributed by atoms with Gasteiger partial charge in [-0.3, -0.25) is 4.79 Å². The number of thioether (sulfide) groups is 1. The maximum absolute atomic E-state index is 12.5. The Hall–Kier alpha value is -4.10. The number of nitrogens with zero attached hydrogens (tertiary/aromatic N) is 3. The number of fused-ring (bicyclic) bond motifs is 2. The van der Waals surface area contributed by atoms with E-state index in [1.54, 1.807) is 6.07 Å². The zero-order chi connectivity index (χ0) is 24.2. The summed E-state index contributed by atoms with van der Waals surface area (Å²) in [6.07, 6.45) is 1.48. The van der Waals surface area contributed by atoms with Crippen molar-refractivity contribution in [3.05, 3.63) is 102 Å². The number of para-hydroxylation sites is 2. The number of hydrogen-bond acceptors (Lipinski definition) is 5. The van der Waals surface area contributed by atoms with Gasteiger partial charge in [-0.1, -0.05) is 84.1 Å². The Morgan fingerprint density at radius 2 is 1.80 bits per heavy atom. The van der Waals surface area contributed by atoms with E-state index >= 15 is 0 Å². The molecular formula is C28H24N4O2S. The van der Waals surface area contributed by atoms with Crippen LogP contribution in [0.2, 0.25) is 0 Å². The normalized spacial score (nSPS) is 11.5. The van der Waals surface area contributed by atoms with Crippen molar-refractivity contribution in [2.75, 3.05) is 5.75 Å². The summed E-state index contributed by atoms with van der Waals surface area (Å²) in [6.45, 7) is 2.74. The molecule has 0 spiro atoms.